The van der Waals surface area contributed by atoms with Gasteiger partial charge in [0, 0.05) is 13.1 Å². The molecule has 7 heteroatoms. The number of para-hydroxylation sites is 1. The van der Waals surface area contributed by atoms with Crippen LogP contribution in [-0.2, 0) is 9.59 Å². The topological polar surface area (TPSA) is 52.7 Å². The minimum Gasteiger partial charge on any atom is -0.342 e. The van der Waals surface area contributed by atoms with Crippen LogP contribution in [0.2, 0.25) is 10.0 Å². The number of likely N-dealkylation sites (N-methyl/N-ethyl adjacent to an activating group) is 1. The molecule has 0 atom stereocenters. The highest BCUT2D eigenvalue weighted by atomic mass is 35.5. The molecule has 1 N–H and O–H groups in total. The summed E-state index contributed by atoms with van der Waals surface area (Å²) in [6, 6.07) is 5.03. The van der Waals surface area contributed by atoms with Crippen molar-refractivity contribution < 1.29 is 9.59 Å². The first-order valence-corrected chi connectivity index (χ1v) is 8.82. The Labute approximate surface area is 152 Å². The monoisotopic (exact) mass is 371 g/mol. The molecule has 1 heterocycles. The summed E-state index contributed by atoms with van der Waals surface area (Å²) < 4.78 is 0. The Balaban J connectivity index is 1.82. The van der Waals surface area contributed by atoms with Crippen molar-refractivity contribution in [1.29, 1.82) is 0 Å². The van der Waals surface area contributed by atoms with E-state index in [9.17, 15) is 9.59 Å². The average molecular weight is 372 g/mol. The number of anilines is 1. The number of carbonyl (C=O) groups excluding carboxylic acids is 2. The fourth-order valence-electron chi connectivity index (χ4n) is 2.69. The molecular weight excluding hydrogens is 349 g/mol. The van der Waals surface area contributed by atoms with Crippen molar-refractivity contribution in [2.45, 2.75) is 19.8 Å². The summed E-state index contributed by atoms with van der Waals surface area (Å²) in [6.45, 7) is 4.12. The van der Waals surface area contributed by atoms with Gasteiger partial charge in [-0.3, -0.25) is 14.5 Å². The van der Waals surface area contributed by atoms with Gasteiger partial charge in [0.1, 0.15) is 0 Å². The fourth-order valence-corrected chi connectivity index (χ4v) is 3.18. The van der Waals surface area contributed by atoms with Gasteiger partial charge in [-0.25, -0.2) is 0 Å². The summed E-state index contributed by atoms with van der Waals surface area (Å²) in [6.07, 6.45) is 2.09. The van der Waals surface area contributed by atoms with Crippen LogP contribution in [-0.4, -0.2) is 54.8 Å². The molecule has 1 aliphatic heterocycles. The van der Waals surface area contributed by atoms with Crippen LogP contribution in [0.3, 0.4) is 0 Å². The third-order valence-corrected chi connectivity index (χ3v) is 4.81. The number of halogens is 2. The number of rotatable bonds is 5. The molecule has 1 fully saturated rings. The highest BCUT2D eigenvalue weighted by Gasteiger charge is 2.22. The normalized spacial score (nSPS) is 15.6. The first-order valence-electron chi connectivity index (χ1n) is 8.07. The molecule has 0 spiro atoms. The Morgan fingerprint density at radius 2 is 1.79 bits per heavy atom. The maximum absolute atomic E-state index is 12.3. The number of hydrogen-bond donors (Lipinski definition) is 1. The smallest absolute Gasteiger partial charge is 0.238 e. The van der Waals surface area contributed by atoms with Crippen LogP contribution in [0.5, 0.6) is 0 Å². The standard InChI is InChI=1S/C17H23Cl2N3O2/c1-12-6-8-22(9-7-12)16(24)11-21(2)10-15(23)20-17-13(18)4-3-5-14(17)19/h3-5,12H,6-11H2,1-2H3,(H,20,23). The summed E-state index contributed by atoms with van der Waals surface area (Å²) in [5.41, 5.74) is 0.399. The first-order chi connectivity index (χ1) is 11.4. The molecule has 132 valence electrons. The first kappa shape index (κ1) is 19.0. The van der Waals surface area contributed by atoms with E-state index >= 15 is 0 Å². The Kier molecular flexibility index (Phi) is 6.90. The zero-order valence-electron chi connectivity index (χ0n) is 14.0. The van der Waals surface area contributed by atoms with Crippen molar-refractivity contribution >= 4 is 40.7 Å². The SMILES string of the molecule is CC1CCN(C(=O)CN(C)CC(=O)Nc2c(Cl)cccc2Cl)CC1. The van der Waals surface area contributed by atoms with Gasteiger partial charge in [0.25, 0.3) is 0 Å². The predicted octanol–water partition coefficient (Wildman–Crippen LogP) is 3.12. The van der Waals surface area contributed by atoms with Gasteiger partial charge in [0.2, 0.25) is 11.8 Å². The number of amides is 2. The predicted molar refractivity (Wildman–Crippen MR) is 97.6 cm³/mol. The highest BCUT2D eigenvalue weighted by molar-refractivity contribution is 6.39. The van der Waals surface area contributed by atoms with Crippen LogP contribution >= 0.6 is 23.2 Å². The third-order valence-electron chi connectivity index (χ3n) is 4.18. The summed E-state index contributed by atoms with van der Waals surface area (Å²) in [5, 5.41) is 3.47. The number of likely N-dealkylation sites (tertiary alicyclic amines) is 1. The minimum absolute atomic E-state index is 0.0629. The van der Waals surface area contributed by atoms with Crippen molar-refractivity contribution in [2.75, 3.05) is 38.5 Å². The van der Waals surface area contributed by atoms with Gasteiger partial charge < -0.3 is 10.2 Å². The Hall–Kier alpha value is -1.30. The summed E-state index contributed by atoms with van der Waals surface area (Å²) in [4.78, 5) is 28.0. The largest absolute Gasteiger partial charge is 0.342 e. The number of benzene rings is 1. The van der Waals surface area contributed by atoms with Gasteiger partial charge in [-0.2, -0.15) is 0 Å². The molecule has 0 aliphatic carbocycles. The van der Waals surface area contributed by atoms with E-state index in [0.717, 1.165) is 25.9 Å². The van der Waals surface area contributed by atoms with E-state index in [-0.39, 0.29) is 24.9 Å². The van der Waals surface area contributed by atoms with Crippen molar-refractivity contribution in [2.24, 2.45) is 5.92 Å². The van der Waals surface area contributed by atoms with E-state index in [1.807, 2.05) is 4.90 Å². The number of nitrogens with zero attached hydrogens (tertiary/aromatic N) is 2. The second-order valence-electron chi connectivity index (χ2n) is 6.38. The lowest BCUT2D eigenvalue weighted by atomic mass is 9.99. The lowest BCUT2D eigenvalue weighted by Gasteiger charge is -2.31. The molecule has 0 aromatic heterocycles. The van der Waals surface area contributed by atoms with Crippen molar-refractivity contribution in [1.82, 2.24) is 9.80 Å². The molecular formula is C17H23Cl2N3O2. The molecule has 2 amide bonds. The highest BCUT2D eigenvalue weighted by Crippen LogP contribution is 2.29. The van der Waals surface area contributed by atoms with E-state index < -0.39 is 0 Å². The number of carbonyl (C=O) groups is 2. The summed E-state index contributed by atoms with van der Waals surface area (Å²) in [7, 11) is 1.75. The third kappa shape index (κ3) is 5.36. The zero-order chi connectivity index (χ0) is 17.7. The van der Waals surface area contributed by atoms with E-state index in [2.05, 4.69) is 12.2 Å². The summed E-state index contributed by atoms with van der Waals surface area (Å²) in [5.74, 6) is 0.485. The van der Waals surface area contributed by atoms with Gasteiger partial charge in [-0.15, -0.1) is 0 Å². The molecule has 0 bridgehead atoms. The van der Waals surface area contributed by atoms with Gasteiger partial charge in [-0.05, 0) is 37.9 Å². The molecule has 1 saturated heterocycles. The molecule has 1 aromatic carbocycles. The van der Waals surface area contributed by atoms with Crippen LogP contribution in [0, 0.1) is 5.92 Å². The van der Waals surface area contributed by atoms with E-state index in [1.165, 1.54) is 0 Å². The van der Waals surface area contributed by atoms with Crippen LogP contribution < -0.4 is 5.32 Å². The maximum atomic E-state index is 12.3. The summed E-state index contributed by atoms with van der Waals surface area (Å²) >= 11 is 12.1. The van der Waals surface area contributed by atoms with Crippen LogP contribution in [0.15, 0.2) is 18.2 Å². The zero-order valence-corrected chi connectivity index (χ0v) is 15.5. The van der Waals surface area contributed by atoms with E-state index in [1.54, 1.807) is 30.1 Å². The molecule has 0 radical (unpaired) electrons. The minimum atomic E-state index is -0.257. The molecule has 0 saturated carbocycles. The van der Waals surface area contributed by atoms with Gasteiger partial charge in [0.15, 0.2) is 0 Å². The van der Waals surface area contributed by atoms with Crippen LogP contribution in [0.25, 0.3) is 0 Å². The Morgan fingerprint density at radius 3 is 2.38 bits per heavy atom. The Morgan fingerprint density at radius 1 is 1.21 bits per heavy atom. The molecule has 2 rings (SSSR count). The fraction of sp³-hybridized carbons (Fsp3) is 0.529. The number of hydrogen-bond acceptors (Lipinski definition) is 3. The lowest BCUT2D eigenvalue weighted by Crippen LogP contribution is -2.44. The van der Waals surface area contributed by atoms with Crippen molar-refractivity contribution in [3.05, 3.63) is 28.2 Å². The molecule has 5 nitrogen and oxygen atoms in total. The second-order valence-corrected chi connectivity index (χ2v) is 7.19. The van der Waals surface area contributed by atoms with Crippen LogP contribution in [0.1, 0.15) is 19.8 Å². The average Bonchev–Trinajstić information content (AvgIpc) is 2.51. The molecule has 1 aliphatic rings. The molecule has 1 aromatic rings. The van der Waals surface area contributed by atoms with Crippen molar-refractivity contribution in [3.63, 3.8) is 0 Å². The van der Waals surface area contributed by atoms with E-state index in [4.69, 9.17) is 23.2 Å². The van der Waals surface area contributed by atoms with Crippen LogP contribution in [0.4, 0.5) is 5.69 Å². The quantitative estimate of drug-likeness (QED) is 0.864. The van der Waals surface area contributed by atoms with Gasteiger partial charge >= 0.3 is 0 Å². The lowest BCUT2D eigenvalue weighted by molar-refractivity contribution is -0.133. The second kappa shape index (κ2) is 8.70. The van der Waals surface area contributed by atoms with Crippen molar-refractivity contribution in [3.8, 4) is 0 Å². The maximum Gasteiger partial charge on any atom is 0.238 e. The number of piperidine rings is 1. The number of nitrogens with one attached hydrogen (secondary N) is 1. The van der Waals surface area contributed by atoms with Gasteiger partial charge in [0.05, 0.1) is 28.8 Å². The Bertz CT molecular complexity index is 581. The van der Waals surface area contributed by atoms with Gasteiger partial charge in [-0.1, -0.05) is 36.2 Å². The van der Waals surface area contributed by atoms with E-state index in [0.29, 0.717) is 21.7 Å². The molecule has 0 unspecified atom stereocenters. The molecule has 24 heavy (non-hydrogen) atoms.